The van der Waals surface area contributed by atoms with Gasteiger partial charge < -0.3 is 4.74 Å². The maximum atomic E-state index is 13.6. The molecule has 104 valence electrons. The van der Waals surface area contributed by atoms with Crippen LogP contribution in [-0.2, 0) is 4.79 Å². The number of rotatable bonds is 6. The molecule has 0 aliphatic rings. The molecular weight excluding hydrogens is 251 g/mol. The van der Waals surface area contributed by atoms with Gasteiger partial charge in [-0.3, -0.25) is 15.0 Å². The summed E-state index contributed by atoms with van der Waals surface area (Å²) in [6.07, 6.45) is 0.392. The molecule has 1 unspecified atom stereocenters. The van der Waals surface area contributed by atoms with Gasteiger partial charge in [0.25, 0.3) is 5.91 Å². The number of Topliss-reactive ketones (excluding diaryl/α,β-unsaturated/α-hetero) is 1. The lowest BCUT2D eigenvalue weighted by atomic mass is 10.1. The Kier molecular flexibility index (Phi) is 5.44. The number of ether oxygens (including phenoxy) is 1. The Morgan fingerprint density at radius 1 is 1.47 bits per heavy atom. The first-order chi connectivity index (χ1) is 8.99. The molecular formula is C13H17FN2O3. The molecule has 1 aromatic rings. The van der Waals surface area contributed by atoms with Crippen LogP contribution in [0.5, 0.6) is 5.75 Å². The Bertz CT molecular complexity index is 477. The highest BCUT2D eigenvalue weighted by atomic mass is 19.1. The number of carbonyl (C=O) groups excluding carboxylic acids is 2. The highest BCUT2D eigenvalue weighted by Gasteiger charge is 2.19. The highest BCUT2D eigenvalue weighted by molar-refractivity contribution is 5.94. The number of hydrogen-bond acceptors (Lipinski definition) is 4. The van der Waals surface area contributed by atoms with Gasteiger partial charge in [0.1, 0.15) is 11.6 Å². The van der Waals surface area contributed by atoms with Crippen molar-refractivity contribution in [1.29, 1.82) is 0 Å². The highest BCUT2D eigenvalue weighted by Crippen LogP contribution is 2.19. The van der Waals surface area contributed by atoms with E-state index in [4.69, 9.17) is 10.6 Å². The minimum absolute atomic E-state index is 0.0114. The van der Waals surface area contributed by atoms with Crippen LogP contribution in [0.25, 0.3) is 0 Å². The number of nitrogens with two attached hydrogens (primary N) is 1. The van der Waals surface area contributed by atoms with Crippen molar-refractivity contribution in [1.82, 2.24) is 5.43 Å². The summed E-state index contributed by atoms with van der Waals surface area (Å²) in [4.78, 5) is 22.6. The molecule has 0 radical (unpaired) electrons. The summed E-state index contributed by atoms with van der Waals surface area (Å²) in [5.41, 5.74) is 1.99. The minimum atomic E-state index is -0.780. The van der Waals surface area contributed by atoms with E-state index in [0.29, 0.717) is 12.8 Å². The van der Waals surface area contributed by atoms with Gasteiger partial charge in [-0.25, -0.2) is 10.2 Å². The Hall–Kier alpha value is -1.95. The second kappa shape index (κ2) is 6.84. The molecule has 0 aliphatic carbocycles. The van der Waals surface area contributed by atoms with Crippen molar-refractivity contribution >= 4 is 11.7 Å². The first-order valence-corrected chi connectivity index (χ1v) is 5.97. The minimum Gasteiger partial charge on any atom is -0.480 e. The molecule has 0 heterocycles. The topological polar surface area (TPSA) is 81.4 Å². The van der Waals surface area contributed by atoms with Crippen LogP contribution < -0.4 is 16.0 Å². The second-order valence-corrected chi connectivity index (χ2v) is 4.10. The van der Waals surface area contributed by atoms with E-state index >= 15 is 0 Å². The number of carbonyl (C=O) groups is 2. The van der Waals surface area contributed by atoms with Gasteiger partial charge >= 0.3 is 0 Å². The number of halogens is 1. The molecule has 0 saturated carbocycles. The smallest absolute Gasteiger partial charge is 0.274 e. The van der Waals surface area contributed by atoms with Crippen LogP contribution in [0.3, 0.4) is 0 Å². The average Bonchev–Trinajstić information content (AvgIpc) is 2.37. The van der Waals surface area contributed by atoms with Gasteiger partial charge in [-0.15, -0.1) is 0 Å². The van der Waals surface area contributed by atoms with Crippen molar-refractivity contribution < 1.29 is 18.7 Å². The van der Waals surface area contributed by atoms with Crippen molar-refractivity contribution in [3.05, 3.63) is 29.6 Å². The van der Waals surface area contributed by atoms with Crippen LogP contribution in [0.2, 0.25) is 0 Å². The van der Waals surface area contributed by atoms with Gasteiger partial charge in [-0.1, -0.05) is 13.3 Å². The quantitative estimate of drug-likeness (QED) is 0.355. The molecule has 1 rings (SSSR count). The van der Waals surface area contributed by atoms with Crippen molar-refractivity contribution in [3.8, 4) is 5.75 Å². The molecule has 5 nitrogen and oxygen atoms in total. The predicted octanol–water partition coefficient (Wildman–Crippen LogP) is 1.57. The molecule has 0 spiro atoms. The molecule has 1 amide bonds. The van der Waals surface area contributed by atoms with E-state index in [9.17, 15) is 14.0 Å². The summed E-state index contributed by atoms with van der Waals surface area (Å²) in [5, 5.41) is 0. The zero-order valence-corrected chi connectivity index (χ0v) is 10.9. The summed E-state index contributed by atoms with van der Waals surface area (Å²) in [5.74, 6) is 3.72. The maximum Gasteiger partial charge on any atom is 0.274 e. The third kappa shape index (κ3) is 4.03. The number of hydrazine groups is 1. The first-order valence-electron chi connectivity index (χ1n) is 5.97. The maximum absolute atomic E-state index is 13.6. The SMILES string of the molecule is CCCC(Oc1ccc(C(C)=O)c(F)c1)C(=O)NN. The van der Waals surface area contributed by atoms with E-state index in [-0.39, 0.29) is 17.1 Å². The van der Waals surface area contributed by atoms with E-state index in [2.05, 4.69) is 0 Å². The lowest BCUT2D eigenvalue weighted by molar-refractivity contribution is -0.128. The molecule has 19 heavy (non-hydrogen) atoms. The van der Waals surface area contributed by atoms with E-state index in [1.54, 1.807) is 0 Å². The zero-order valence-electron chi connectivity index (χ0n) is 10.9. The molecule has 1 aromatic carbocycles. The number of amides is 1. The average molecular weight is 268 g/mol. The monoisotopic (exact) mass is 268 g/mol. The van der Waals surface area contributed by atoms with Crippen LogP contribution in [0.15, 0.2) is 18.2 Å². The van der Waals surface area contributed by atoms with Crippen molar-refractivity contribution in [2.75, 3.05) is 0 Å². The second-order valence-electron chi connectivity index (χ2n) is 4.10. The summed E-state index contributed by atoms with van der Waals surface area (Å²) in [7, 11) is 0. The largest absolute Gasteiger partial charge is 0.480 e. The molecule has 6 heteroatoms. The van der Waals surface area contributed by atoms with E-state index in [1.807, 2.05) is 12.3 Å². The summed E-state index contributed by atoms with van der Waals surface area (Å²) in [6.45, 7) is 3.17. The fraction of sp³-hybridized carbons (Fsp3) is 0.385. The van der Waals surface area contributed by atoms with Gasteiger partial charge in [-0.05, 0) is 25.5 Å². The lowest BCUT2D eigenvalue weighted by Crippen LogP contribution is -2.42. The number of ketones is 1. The fourth-order valence-electron chi connectivity index (χ4n) is 1.62. The normalized spacial score (nSPS) is 11.8. The van der Waals surface area contributed by atoms with Gasteiger partial charge in [0.15, 0.2) is 11.9 Å². The molecule has 0 aliphatic heterocycles. The zero-order chi connectivity index (χ0) is 14.4. The van der Waals surface area contributed by atoms with Crippen LogP contribution in [-0.4, -0.2) is 17.8 Å². The molecule has 1 atom stereocenters. The van der Waals surface area contributed by atoms with Crippen molar-refractivity contribution in [2.24, 2.45) is 5.84 Å². The molecule has 0 saturated heterocycles. The molecule has 0 aromatic heterocycles. The van der Waals surface area contributed by atoms with Gasteiger partial charge in [0, 0.05) is 6.07 Å². The van der Waals surface area contributed by atoms with E-state index < -0.39 is 17.8 Å². The van der Waals surface area contributed by atoms with Crippen LogP contribution in [0.1, 0.15) is 37.0 Å². The third-order valence-electron chi connectivity index (χ3n) is 2.58. The van der Waals surface area contributed by atoms with Crippen LogP contribution in [0, 0.1) is 5.82 Å². The Morgan fingerprint density at radius 3 is 2.63 bits per heavy atom. The number of nitrogens with one attached hydrogen (secondary N) is 1. The van der Waals surface area contributed by atoms with Crippen molar-refractivity contribution in [3.63, 3.8) is 0 Å². The van der Waals surface area contributed by atoms with E-state index in [1.165, 1.54) is 19.1 Å². The van der Waals surface area contributed by atoms with Crippen LogP contribution in [0.4, 0.5) is 4.39 Å². The van der Waals surface area contributed by atoms with Gasteiger partial charge in [0.05, 0.1) is 5.56 Å². The Labute approximate surface area is 110 Å². The summed E-state index contributed by atoms with van der Waals surface area (Å²) in [6, 6.07) is 3.87. The molecule has 3 N–H and O–H groups in total. The molecule has 0 fully saturated rings. The third-order valence-corrected chi connectivity index (χ3v) is 2.58. The van der Waals surface area contributed by atoms with Crippen LogP contribution >= 0.6 is 0 Å². The predicted molar refractivity (Wildman–Crippen MR) is 68.1 cm³/mol. The van der Waals surface area contributed by atoms with Crippen molar-refractivity contribution in [2.45, 2.75) is 32.8 Å². The Morgan fingerprint density at radius 2 is 2.16 bits per heavy atom. The van der Waals surface area contributed by atoms with Gasteiger partial charge in [-0.2, -0.15) is 0 Å². The first kappa shape index (κ1) is 15.1. The number of hydrogen-bond donors (Lipinski definition) is 2. The lowest BCUT2D eigenvalue weighted by Gasteiger charge is -2.17. The summed E-state index contributed by atoms with van der Waals surface area (Å²) >= 11 is 0. The molecule has 0 bridgehead atoms. The van der Waals surface area contributed by atoms with E-state index in [0.717, 1.165) is 6.07 Å². The van der Waals surface area contributed by atoms with Gasteiger partial charge in [0.2, 0.25) is 0 Å². The Balaban J connectivity index is 2.88. The number of benzene rings is 1. The standard InChI is InChI=1S/C13H17FN2O3/c1-3-4-12(13(18)16-15)19-9-5-6-10(8(2)17)11(14)7-9/h5-7,12H,3-4,15H2,1-2H3,(H,16,18). The summed E-state index contributed by atoms with van der Waals surface area (Å²) < 4.78 is 19.0. The fourth-order valence-corrected chi connectivity index (χ4v) is 1.62.